The van der Waals surface area contributed by atoms with Gasteiger partial charge in [0.15, 0.2) is 22.3 Å². The van der Waals surface area contributed by atoms with Gasteiger partial charge in [-0.1, -0.05) is 36.4 Å². The molecule has 0 fully saturated rings. The Balaban J connectivity index is 1.81. The van der Waals surface area contributed by atoms with E-state index in [4.69, 9.17) is 13.9 Å². The molecular formula is C22H18N4O4. The molecule has 8 heteroatoms. The smallest absolute Gasteiger partial charge is 0.289 e. The molecule has 0 spiro atoms. The molecule has 0 radical (unpaired) electrons. The van der Waals surface area contributed by atoms with E-state index in [0.717, 1.165) is 16.8 Å². The summed E-state index contributed by atoms with van der Waals surface area (Å²) in [4.78, 5) is 22.5. The Morgan fingerprint density at radius 3 is 2.50 bits per heavy atom. The number of hydrogen-bond donors (Lipinski definition) is 1. The van der Waals surface area contributed by atoms with Crippen LogP contribution in [0.4, 0.5) is 0 Å². The Bertz CT molecular complexity index is 1450. The maximum atomic E-state index is 13.4. The van der Waals surface area contributed by atoms with Crippen molar-refractivity contribution in [1.29, 1.82) is 0 Å². The molecule has 0 amide bonds. The van der Waals surface area contributed by atoms with Gasteiger partial charge in [-0.2, -0.15) is 9.50 Å². The Hall–Kier alpha value is -4.07. The van der Waals surface area contributed by atoms with Gasteiger partial charge in [0.1, 0.15) is 5.75 Å². The molecule has 0 aliphatic carbocycles. The third-order valence-electron chi connectivity index (χ3n) is 5.00. The first-order valence-electron chi connectivity index (χ1n) is 9.31. The number of aromatic amines is 1. The summed E-state index contributed by atoms with van der Waals surface area (Å²) in [7, 11) is 3.02. The highest BCUT2D eigenvalue weighted by atomic mass is 16.5. The largest absolute Gasteiger partial charge is 0.494 e. The van der Waals surface area contributed by atoms with Crippen molar-refractivity contribution in [3.8, 4) is 34.2 Å². The quantitative estimate of drug-likeness (QED) is 0.491. The number of aromatic nitrogens is 4. The molecule has 3 aromatic heterocycles. The number of ether oxygens (including phenoxy) is 2. The van der Waals surface area contributed by atoms with Crippen LogP contribution < -0.4 is 15.0 Å². The van der Waals surface area contributed by atoms with Crippen molar-refractivity contribution in [1.82, 2.24) is 19.6 Å². The number of fused-ring (bicyclic) bond motifs is 2. The van der Waals surface area contributed by atoms with Gasteiger partial charge in [0.2, 0.25) is 11.8 Å². The molecule has 5 rings (SSSR count). The molecule has 0 atom stereocenters. The number of para-hydroxylation sites is 1. The Morgan fingerprint density at radius 1 is 0.967 bits per heavy atom. The lowest BCUT2D eigenvalue weighted by atomic mass is 10.1. The molecule has 0 saturated carbocycles. The van der Waals surface area contributed by atoms with Crippen LogP contribution in [0.25, 0.3) is 39.3 Å². The molecule has 0 saturated heterocycles. The van der Waals surface area contributed by atoms with Crippen LogP contribution in [0, 0.1) is 6.92 Å². The van der Waals surface area contributed by atoms with Gasteiger partial charge in [-0.15, -0.1) is 0 Å². The van der Waals surface area contributed by atoms with Crippen LogP contribution in [-0.2, 0) is 0 Å². The topological polar surface area (TPSA) is 94.7 Å². The van der Waals surface area contributed by atoms with Gasteiger partial charge in [0.25, 0.3) is 5.56 Å². The zero-order valence-electron chi connectivity index (χ0n) is 16.6. The third-order valence-corrected chi connectivity index (χ3v) is 5.00. The zero-order chi connectivity index (χ0) is 20.8. The maximum absolute atomic E-state index is 13.4. The van der Waals surface area contributed by atoms with Gasteiger partial charge in [0, 0.05) is 11.3 Å². The molecule has 0 aliphatic rings. The van der Waals surface area contributed by atoms with Crippen LogP contribution in [0.1, 0.15) is 5.69 Å². The predicted octanol–water partition coefficient (Wildman–Crippen LogP) is 3.82. The van der Waals surface area contributed by atoms with Gasteiger partial charge in [-0.05, 0) is 24.6 Å². The standard InChI is InChI=1S/C22H18N4O4/c1-12-16(13-8-5-4-6-9-13)19-24-20(29-3)17(22(27)26(19)25-12)21-23-18-14(28-2)10-7-11-15(18)30-21/h4-11,25H,1-3H3. The fourth-order valence-corrected chi connectivity index (χ4v) is 3.64. The number of benzene rings is 2. The van der Waals surface area contributed by atoms with Gasteiger partial charge >= 0.3 is 0 Å². The third kappa shape index (κ3) is 2.57. The van der Waals surface area contributed by atoms with Crippen molar-refractivity contribution >= 4 is 16.7 Å². The van der Waals surface area contributed by atoms with Gasteiger partial charge in [-0.25, -0.2) is 4.98 Å². The van der Waals surface area contributed by atoms with E-state index in [1.807, 2.05) is 37.3 Å². The second-order valence-electron chi connectivity index (χ2n) is 6.76. The first-order valence-corrected chi connectivity index (χ1v) is 9.31. The number of methoxy groups -OCH3 is 2. The van der Waals surface area contributed by atoms with Gasteiger partial charge < -0.3 is 13.9 Å². The van der Waals surface area contributed by atoms with Crippen LogP contribution >= 0.6 is 0 Å². The monoisotopic (exact) mass is 402 g/mol. The molecule has 0 bridgehead atoms. The Labute approximate surface area is 170 Å². The van der Waals surface area contributed by atoms with E-state index >= 15 is 0 Å². The molecule has 0 unspecified atom stereocenters. The lowest BCUT2D eigenvalue weighted by Gasteiger charge is -2.06. The summed E-state index contributed by atoms with van der Waals surface area (Å²) in [6.07, 6.45) is 0. The number of nitrogens with zero attached hydrogens (tertiary/aromatic N) is 3. The van der Waals surface area contributed by atoms with E-state index in [1.54, 1.807) is 25.3 Å². The molecule has 1 N–H and O–H groups in total. The highest BCUT2D eigenvalue weighted by Crippen LogP contribution is 2.34. The second kappa shape index (κ2) is 6.77. The lowest BCUT2D eigenvalue weighted by molar-refractivity contribution is 0.397. The van der Waals surface area contributed by atoms with Crippen molar-refractivity contribution in [2.24, 2.45) is 0 Å². The highest BCUT2D eigenvalue weighted by molar-refractivity contribution is 5.84. The van der Waals surface area contributed by atoms with Crippen LogP contribution in [0.5, 0.6) is 11.6 Å². The highest BCUT2D eigenvalue weighted by Gasteiger charge is 2.25. The lowest BCUT2D eigenvalue weighted by Crippen LogP contribution is -2.19. The summed E-state index contributed by atoms with van der Waals surface area (Å²) < 4.78 is 18.1. The summed E-state index contributed by atoms with van der Waals surface area (Å²) in [5, 5.41) is 3.10. The summed E-state index contributed by atoms with van der Waals surface area (Å²) >= 11 is 0. The van der Waals surface area contributed by atoms with E-state index in [1.165, 1.54) is 11.6 Å². The van der Waals surface area contributed by atoms with E-state index in [-0.39, 0.29) is 22.9 Å². The van der Waals surface area contributed by atoms with E-state index < -0.39 is 0 Å². The molecule has 8 nitrogen and oxygen atoms in total. The summed E-state index contributed by atoms with van der Waals surface area (Å²) in [6, 6.07) is 15.1. The van der Waals surface area contributed by atoms with E-state index in [9.17, 15) is 4.79 Å². The Morgan fingerprint density at radius 2 is 1.77 bits per heavy atom. The molecule has 0 aliphatic heterocycles. The fourth-order valence-electron chi connectivity index (χ4n) is 3.64. The number of H-pyrrole nitrogens is 1. The number of nitrogens with one attached hydrogen (secondary N) is 1. The molecular weight excluding hydrogens is 384 g/mol. The maximum Gasteiger partial charge on any atom is 0.289 e. The van der Waals surface area contributed by atoms with E-state index in [2.05, 4.69) is 15.1 Å². The van der Waals surface area contributed by atoms with Crippen molar-refractivity contribution < 1.29 is 13.9 Å². The molecule has 150 valence electrons. The van der Waals surface area contributed by atoms with E-state index in [0.29, 0.717) is 22.5 Å². The zero-order valence-corrected chi connectivity index (χ0v) is 16.6. The minimum Gasteiger partial charge on any atom is -0.494 e. The molecule has 5 aromatic rings. The van der Waals surface area contributed by atoms with Gasteiger partial charge in [-0.3, -0.25) is 9.89 Å². The van der Waals surface area contributed by atoms with Crippen LogP contribution in [0.15, 0.2) is 57.7 Å². The average Bonchev–Trinajstić information content (AvgIpc) is 3.34. The first-order chi connectivity index (χ1) is 14.6. The fraction of sp³-hybridized carbons (Fsp3) is 0.136. The summed E-state index contributed by atoms with van der Waals surface area (Å²) in [5.74, 6) is 0.811. The SMILES string of the molecule is COc1nc2c(-c3ccccc3)c(C)[nH]n2c(=O)c1-c1nc2c(OC)cccc2o1. The molecule has 30 heavy (non-hydrogen) atoms. The minimum atomic E-state index is -0.368. The van der Waals surface area contributed by atoms with Crippen LogP contribution in [-0.4, -0.2) is 33.8 Å². The average molecular weight is 402 g/mol. The van der Waals surface area contributed by atoms with Crippen molar-refractivity contribution in [3.05, 3.63) is 64.6 Å². The van der Waals surface area contributed by atoms with Crippen molar-refractivity contribution in [2.75, 3.05) is 14.2 Å². The second-order valence-corrected chi connectivity index (χ2v) is 6.76. The first kappa shape index (κ1) is 18.0. The predicted molar refractivity (Wildman–Crippen MR) is 112 cm³/mol. The van der Waals surface area contributed by atoms with Crippen molar-refractivity contribution in [3.63, 3.8) is 0 Å². The number of aryl methyl sites for hydroxylation is 1. The normalized spacial score (nSPS) is 11.3. The minimum absolute atomic E-state index is 0.117. The molecule has 3 heterocycles. The van der Waals surface area contributed by atoms with Crippen molar-refractivity contribution in [2.45, 2.75) is 6.92 Å². The van der Waals surface area contributed by atoms with Crippen LogP contribution in [0.3, 0.4) is 0 Å². The molecule has 2 aromatic carbocycles. The van der Waals surface area contributed by atoms with Gasteiger partial charge in [0.05, 0.1) is 14.2 Å². The number of oxazole rings is 1. The summed E-state index contributed by atoms with van der Waals surface area (Å²) in [6.45, 7) is 1.90. The Kier molecular flexibility index (Phi) is 4.06. The number of hydrogen-bond acceptors (Lipinski definition) is 6. The summed E-state index contributed by atoms with van der Waals surface area (Å²) in [5.41, 5.74) is 3.85. The van der Waals surface area contributed by atoms with Crippen LogP contribution in [0.2, 0.25) is 0 Å². The number of rotatable bonds is 4.